The van der Waals surface area contributed by atoms with Gasteiger partial charge in [-0.1, -0.05) is 35.9 Å². The van der Waals surface area contributed by atoms with Gasteiger partial charge in [-0.15, -0.1) is 0 Å². The van der Waals surface area contributed by atoms with Crippen LogP contribution in [0.3, 0.4) is 0 Å². The zero-order chi connectivity index (χ0) is 16.8. The van der Waals surface area contributed by atoms with Crippen molar-refractivity contribution in [2.24, 2.45) is 0 Å². The fourth-order valence-corrected chi connectivity index (χ4v) is 3.25. The Balaban J connectivity index is 2.00. The monoisotopic (exact) mass is 340 g/mol. The Bertz CT molecular complexity index is 732. The highest BCUT2D eigenvalue weighted by Gasteiger charge is 2.35. The first-order valence-corrected chi connectivity index (χ1v) is 7.45. The van der Waals surface area contributed by atoms with Gasteiger partial charge in [-0.05, 0) is 23.3 Å². The molecule has 23 heavy (non-hydrogen) atoms. The second-order valence-electron chi connectivity index (χ2n) is 5.59. The highest BCUT2D eigenvalue weighted by atomic mass is 35.5. The lowest BCUT2D eigenvalue weighted by Crippen LogP contribution is -2.23. The normalized spacial score (nSPS) is 20.4. The van der Waals surface area contributed by atoms with Crippen molar-refractivity contribution in [2.45, 2.75) is 24.7 Å². The molecule has 0 aliphatic heterocycles. The van der Waals surface area contributed by atoms with Crippen LogP contribution in [-0.2, 0) is 6.18 Å². The Morgan fingerprint density at radius 2 is 1.91 bits per heavy atom. The number of hydrogen-bond donors (Lipinski definition) is 1. The topological polar surface area (TPSA) is 23.5 Å². The molecule has 2 aromatic carbocycles. The summed E-state index contributed by atoms with van der Waals surface area (Å²) in [4.78, 5) is 1.67. The van der Waals surface area contributed by atoms with Crippen molar-refractivity contribution in [3.8, 4) is 0 Å². The lowest BCUT2D eigenvalue weighted by Gasteiger charge is -2.29. The third-order valence-corrected chi connectivity index (χ3v) is 4.51. The quantitative estimate of drug-likeness (QED) is 0.851. The Hall–Kier alpha value is -1.72. The summed E-state index contributed by atoms with van der Waals surface area (Å²) in [5.74, 6) is 0. The van der Waals surface area contributed by atoms with Crippen LogP contribution in [0.2, 0.25) is 5.02 Å². The average Bonchev–Trinajstić information content (AvgIpc) is 2.84. The van der Waals surface area contributed by atoms with Crippen LogP contribution < -0.4 is 4.90 Å². The summed E-state index contributed by atoms with van der Waals surface area (Å²) in [5.41, 5.74) is 1.15. The fraction of sp³-hybridized carbons (Fsp3) is 0.294. The van der Waals surface area contributed by atoms with E-state index in [9.17, 15) is 18.3 Å². The SMILES string of the molecule is CN(c1cc(C(F)(F)F)c[c]c1Cl)C1CC(O)c2ccccc21. The molecule has 3 rings (SSSR count). The van der Waals surface area contributed by atoms with Crippen LogP contribution in [0.25, 0.3) is 0 Å². The van der Waals surface area contributed by atoms with E-state index in [2.05, 4.69) is 6.07 Å². The first-order chi connectivity index (χ1) is 10.8. The van der Waals surface area contributed by atoms with Gasteiger partial charge in [0.2, 0.25) is 0 Å². The lowest BCUT2D eigenvalue weighted by molar-refractivity contribution is -0.137. The average molecular weight is 341 g/mol. The largest absolute Gasteiger partial charge is 0.416 e. The first-order valence-electron chi connectivity index (χ1n) is 7.07. The summed E-state index contributed by atoms with van der Waals surface area (Å²) in [6.07, 6.45) is -4.68. The molecule has 0 spiro atoms. The number of benzene rings is 2. The van der Waals surface area contributed by atoms with Crippen molar-refractivity contribution in [3.63, 3.8) is 0 Å². The number of fused-ring (bicyclic) bond motifs is 1. The van der Waals surface area contributed by atoms with Crippen LogP contribution in [0.1, 0.15) is 35.3 Å². The zero-order valence-electron chi connectivity index (χ0n) is 12.2. The van der Waals surface area contributed by atoms with Gasteiger partial charge in [-0.25, -0.2) is 0 Å². The number of anilines is 1. The van der Waals surface area contributed by atoms with E-state index < -0.39 is 17.8 Å². The molecule has 2 nitrogen and oxygen atoms in total. The highest BCUT2D eigenvalue weighted by molar-refractivity contribution is 6.33. The minimum Gasteiger partial charge on any atom is -0.388 e. The first kappa shape index (κ1) is 16.1. The maximum absolute atomic E-state index is 12.9. The smallest absolute Gasteiger partial charge is 0.388 e. The Labute approximate surface area is 137 Å². The molecule has 0 saturated heterocycles. The molecule has 121 valence electrons. The van der Waals surface area contributed by atoms with Gasteiger partial charge in [-0.3, -0.25) is 0 Å². The summed E-state index contributed by atoms with van der Waals surface area (Å²) in [6, 6.07) is 11.5. The summed E-state index contributed by atoms with van der Waals surface area (Å²) < 4.78 is 38.8. The minimum absolute atomic E-state index is 0.124. The van der Waals surface area contributed by atoms with Crippen LogP contribution in [-0.4, -0.2) is 12.2 Å². The van der Waals surface area contributed by atoms with Crippen LogP contribution in [0.15, 0.2) is 36.4 Å². The Kier molecular flexibility index (Phi) is 4.02. The van der Waals surface area contributed by atoms with Gasteiger partial charge in [0.05, 0.1) is 28.4 Å². The van der Waals surface area contributed by atoms with Crippen LogP contribution >= 0.6 is 11.6 Å². The molecule has 0 fully saturated rings. The maximum atomic E-state index is 12.9. The van der Waals surface area contributed by atoms with Crippen molar-refractivity contribution in [1.29, 1.82) is 0 Å². The van der Waals surface area contributed by atoms with Crippen LogP contribution in [0.5, 0.6) is 0 Å². The standard InChI is InChI=1S/C17H14ClF3NO/c1-22(14-9-16(23)12-5-3-2-4-11(12)14)15-8-10(17(19,20)21)6-7-13(15)18/h2-6,8,14,16,23H,9H2,1H3. The zero-order valence-corrected chi connectivity index (χ0v) is 13.0. The lowest BCUT2D eigenvalue weighted by atomic mass is 10.1. The van der Waals surface area contributed by atoms with Crippen molar-refractivity contribution in [2.75, 3.05) is 11.9 Å². The number of aliphatic hydroxyl groups excluding tert-OH is 1. The summed E-state index contributed by atoms with van der Waals surface area (Å²) in [7, 11) is 1.68. The van der Waals surface area contributed by atoms with E-state index in [-0.39, 0.29) is 16.8 Å². The van der Waals surface area contributed by atoms with Gasteiger partial charge in [-0.2, -0.15) is 13.2 Å². The Morgan fingerprint density at radius 1 is 1.26 bits per heavy atom. The van der Waals surface area contributed by atoms with Crippen molar-refractivity contribution < 1.29 is 18.3 Å². The molecular formula is C17H14ClF3NO. The van der Waals surface area contributed by atoms with E-state index in [1.165, 1.54) is 0 Å². The molecule has 1 aliphatic rings. The van der Waals surface area contributed by atoms with Gasteiger partial charge >= 0.3 is 6.18 Å². The van der Waals surface area contributed by atoms with Gasteiger partial charge in [0.1, 0.15) is 0 Å². The van der Waals surface area contributed by atoms with Crippen LogP contribution in [0.4, 0.5) is 18.9 Å². The summed E-state index contributed by atoms with van der Waals surface area (Å²) >= 11 is 6.06. The molecule has 0 aromatic heterocycles. The third-order valence-electron chi connectivity index (χ3n) is 4.21. The predicted octanol–water partition coefficient (Wildman–Crippen LogP) is 4.77. The number of halogens is 4. The molecular weight excluding hydrogens is 327 g/mol. The number of rotatable bonds is 2. The van der Waals surface area contributed by atoms with E-state index in [1.807, 2.05) is 24.3 Å². The molecule has 1 aliphatic carbocycles. The number of aliphatic hydroxyl groups is 1. The number of nitrogens with zero attached hydrogens (tertiary/aromatic N) is 1. The second-order valence-corrected chi connectivity index (χ2v) is 5.97. The summed E-state index contributed by atoms with van der Waals surface area (Å²) in [5, 5.41) is 10.3. The van der Waals surface area contributed by atoms with Gasteiger partial charge in [0.15, 0.2) is 0 Å². The maximum Gasteiger partial charge on any atom is 0.416 e. The van der Waals surface area contributed by atoms with E-state index in [4.69, 9.17) is 11.6 Å². The molecule has 2 atom stereocenters. The molecule has 0 heterocycles. The van der Waals surface area contributed by atoms with E-state index in [0.29, 0.717) is 6.42 Å². The Morgan fingerprint density at radius 3 is 2.57 bits per heavy atom. The van der Waals surface area contributed by atoms with E-state index in [1.54, 1.807) is 11.9 Å². The summed E-state index contributed by atoms with van der Waals surface area (Å²) in [6.45, 7) is 0. The molecule has 0 saturated carbocycles. The van der Waals surface area contributed by atoms with Gasteiger partial charge in [0, 0.05) is 19.5 Å². The van der Waals surface area contributed by atoms with E-state index in [0.717, 1.165) is 23.3 Å². The van der Waals surface area contributed by atoms with Crippen molar-refractivity contribution >= 4 is 17.3 Å². The molecule has 6 heteroatoms. The second kappa shape index (κ2) is 5.73. The molecule has 1 N–H and O–H groups in total. The van der Waals surface area contributed by atoms with Crippen LogP contribution in [0, 0.1) is 6.07 Å². The van der Waals surface area contributed by atoms with Crippen molar-refractivity contribution in [1.82, 2.24) is 0 Å². The molecule has 0 amide bonds. The third kappa shape index (κ3) is 2.91. The molecule has 0 bridgehead atoms. The van der Waals surface area contributed by atoms with Gasteiger partial charge in [0.25, 0.3) is 0 Å². The molecule has 2 aromatic rings. The van der Waals surface area contributed by atoms with Crippen molar-refractivity contribution in [3.05, 3.63) is 64.2 Å². The number of hydrogen-bond acceptors (Lipinski definition) is 2. The van der Waals surface area contributed by atoms with E-state index >= 15 is 0 Å². The minimum atomic E-state index is -4.45. The predicted molar refractivity (Wildman–Crippen MR) is 82.5 cm³/mol. The highest BCUT2D eigenvalue weighted by Crippen LogP contribution is 2.45. The number of alkyl halides is 3. The molecule has 1 radical (unpaired) electrons. The molecule has 2 unspecified atom stereocenters. The van der Waals surface area contributed by atoms with Gasteiger partial charge < -0.3 is 10.0 Å². The fourth-order valence-electron chi connectivity index (χ4n) is 3.01.